The molecule has 0 radical (unpaired) electrons. The average Bonchev–Trinajstić information content (AvgIpc) is 2.31. The summed E-state index contributed by atoms with van der Waals surface area (Å²) >= 11 is 0. The van der Waals surface area contributed by atoms with Gasteiger partial charge in [-0.3, -0.25) is 4.79 Å². The standard InChI is InChI=1S/C13H13F4NO2/c14-11-9(2-1-3-10(11)13(15,16)17)12(20)18-6-7-4-8(19)5-7/h1-3,7-8,19H,4-6H2,(H,18,20). The van der Waals surface area contributed by atoms with Gasteiger partial charge in [0.15, 0.2) is 0 Å². The Kier molecular flexibility index (Phi) is 3.99. The molecule has 1 amide bonds. The summed E-state index contributed by atoms with van der Waals surface area (Å²) in [5.74, 6) is -2.36. The molecule has 0 unspecified atom stereocenters. The van der Waals surface area contributed by atoms with E-state index in [0.717, 1.165) is 12.1 Å². The van der Waals surface area contributed by atoms with E-state index in [1.165, 1.54) is 0 Å². The second kappa shape index (κ2) is 5.40. The first-order chi connectivity index (χ1) is 9.29. The fourth-order valence-electron chi connectivity index (χ4n) is 2.13. The molecule has 3 nitrogen and oxygen atoms in total. The Balaban J connectivity index is 2.06. The van der Waals surface area contributed by atoms with Crippen LogP contribution in [0.4, 0.5) is 17.6 Å². The molecule has 1 saturated carbocycles. The van der Waals surface area contributed by atoms with Gasteiger partial charge in [-0.15, -0.1) is 0 Å². The number of benzene rings is 1. The largest absolute Gasteiger partial charge is 0.419 e. The molecule has 110 valence electrons. The lowest BCUT2D eigenvalue weighted by atomic mass is 9.82. The van der Waals surface area contributed by atoms with E-state index in [9.17, 15) is 22.4 Å². The van der Waals surface area contributed by atoms with Crippen molar-refractivity contribution in [3.05, 3.63) is 35.1 Å². The van der Waals surface area contributed by atoms with Gasteiger partial charge in [0.1, 0.15) is 5.82 Å². The van der Waals surface area contributed by atoms with Gasteiger partial charge in [-0.1, -0.05) is 6.07 Å². The summed E-state index contributed by atoms with van der Waals surface area (Å²) in [5, 5.41) is 11.5. The zero-order valence-corrected chi connectivity index (χ0v) is 10.4. The van der Waals surface area contributed by atoms with Crippen LogP contribution in [0, 0.1) is 11.7 Å². The summed E-state index contributed by atoms with van der Waals surface area (Å²) in [6, 6.07) is 2.60. The van der Waals surface area contributed by atoms with Crippen LogP contribution in [0.2, 0.25) is 0 Å². The molecule has 1 aromatic carbocycles. The summed E-state index contributed by atoms with van der Waals surface area (Å²) in [7, 11) is 0. The Morgan fingerprint density at radius 1 is 1.35 bits per heavy atom. The van der Waals surface area contributed by atoms with E-state index >= 15 is 0 Å². The van der Waals surface area contributed by atoms with Crippen LogP contribution in [-0.2, 0) is 6.18 Å². The van der Waals surface area contributed by atoms with Crippen LogP contribution in [0.15, 0.2) is 18.2 Å². The highest BCUT2D eigenvalue weighted by molar-refractivity contribution is 5.94. The van der Waals surface area contributed by atoms with Gasteiger partial charge in [-0.2, -0.15) is 13.2 Å². The molecule has 1 aliphatic rings. The number of hydrogen-bond acceptors (Lipinski definition) is 2. The van der Waals surface area contributed by atoms with Gasteiger partial charge >= 0.3 is 6.18 Å². The van der Waals surface area contributed by atoms with E-state index in [1.54, 1.807) is 0 Å². The van der Waals surface area contributed by atoms with Crippen LogP contribution < -0.4 is 5.32 Å². The molecule has 0 aromatic heterocycles. The molecule has 0 saturated heterocycles. The van der Waals surface area contributed by atoms with Crippen molar-refractivity contribution >= 4 is 5.91 Å². The number of aliphatic hydroxyl groups excluding tert-OH is 1. The van der Waals surface area contributed by atoms with E-state index < -0.39 is 29.0 Å². The number of carbonyl (C=O) groups is 1. The van der Waals surface area contributed by atoms with Crippen molar-refractivity contribution in [2.24, 2.45) is 5.92 Å². The molecule has 1 aromatic rings. The third-order valence-electron chi connectivity index (χ3n) is 3.31. The lowest BCUT2D eigenvalue weighted by Crippen LogP contribution is -2.38. The monoisotopic (exact) mass is 291 g/mol. The van der Waals surface area contributed by atoms with Gasteiger partial charge in [0.05, 0.1) is 17.2 Å². The minimum atomic E-state index is -4.83. The Morgan fingerprint density at radius 2 is 2.00 bits per heavy atom. The zero-order valence-electron chi connectivity index (χ0n) is 10.4. The highest BCUT2D eigenvalue weighted by atomic mass is 19.4. The Bertz CT molecular complexity index is 510. The van der Waals surface area contributed by atoms with E-state index in [4.69, 9.17) is 5.11 Å². The first-order valence-corrected chi connectivity index (χ1v) is 6.11. The van der Waals surface area contributed by atoms with E-state index in [-0.39, 0.29) is 18.6 Å². The average molecular weight is 291 g/mol. The van der Waals surface area contributed by atoms with E-state index in [1.807, 2.05) is 0 Å². The lowest BCUT2D eigenvalue weighted by Gasteiger charge is -2.31. The van der Waals surface area contributed by atoms with Crippen LogP contribution in [0.25, 0.3) is 0 Å². The maximum absolute atomic E-state index is 13.7. The van der Waals surface area contributed by atoms with Crippen molar-refractivity contribution in [1.29, 1.82) is 0 Å². The molecule has 20 heavy (non-hydrogen) atoms. The van der Waals surface area contributed by atoms with Crippen LogP contribution >= 0.6 is 0 Å². The summed E-state index contributed by atoms with van der Waals surface area (Å²) in [6.07, 6.45) is -4.16. The fraction of sp³-hybridized carbons (Fsp3) is 0.462. The van der Waals surface area contributed by atoms with Gasteiger partial charge in [-0.05, 0) is 30.9 Å². The third kappa shape index (κ3) is 3.09. The zero-order chi connectivity index (χ0) is 14.9. The van der Waals surface area contributed by atoms with Crippen molar-refractivity contribution in [2.45, 2.75) is 25.1 Å². The maximum atomic E-state index is 13.7. The molecule has 2 rings (SSSR count). The minimum Gasteiger partial charge on any atom is -0.393 e. The molecule has 0 atom stereocenters. The first-order valence-electron chi connectivity index (χ1n) is 6.11. The van der Waals surface area contributed by atoms with Crippen LogP contribution in [-0.4, -0.2) is 23.7 Å². The summed E-state index contributed by atoms with van der Waals surface area (Å²) in [5.41, 5.74) is -2.08. The number of alkyl halides is 3. The SMILES string of the molecule is O=C(NCC1CC(O)C1)c1cccc(C(F)(F)F)c1F. The number of nitrogens with one attached hydrogen (secondary N) is 1. The van der Waals surface area contributed by atoms with Crippen molar-refractivity contribution in [3.63, 3.8) is 0 Å². The van der Waals surface area contributed by atoms with Gasteiger partial charge in [0.2, 0.25) is 0 Å². The Labute approximate surface area is 112 Å². The predicted molar refractivity (Wildman–Crippen MR) is 62.5 cm³/mol. The van der Waals surface area contributed by atoms with Gasteiger partial charge in [0.25, 0.3) is 5.91 Å². The molecular formula is C13H13F4NO2. The summed E-state index contributed by atoms with van der Waals surface area (Å²) < 4.78 is 51.2. The Hall–Kier alpha value is -1.63. The number of hydrogen-bond donors (Lipinski definition) is 2. The van der Waals surface area contributed by atoms with Crippen molar-refractivity contribution in [2.75, 3.05) is 6.54 Å². The van der Waals surface area contributed by atoms with Crippen LogP contribution in [0.3, 0.4) is 0 Å². The number of aliphatic hydroxyl groups is 1. The molecule has 7 heteroatoms. The molecule has 1 fully saturated rings. The van der Waals surface area contributed by atoms with E-state index in [0.29, 0.717) is 18.9 Å². The maximum Gasteiger partial charge on any atom is 0.419 e. The topological polar surface area (TPSA) is 49.3 Å². The smallest absolute Gasteiger partial charge is 0.393 e. The highest BCUT2D eigenvalue weighted by Crippen LogP contribution is 2.32. The molecular weight excluding hydrogens is 278 g/mol. The van der Waals surface area contributed by atoms with Crippen molar-refractivity contribution in [3.8, 4) is 0 Å². The van der Waals surface area contributed by atoms with Gasteiger partial charge < -0.3 is 10.4 Å². The number of rotatable bonds is 3. The lowest BCUT2D eigenvalue weighted by molar-refractivity contribution is -0.140. The van der Waals surface area contributed by atoms with Crippen molar-refractivity contribution in [1.82, 2.24) is 5.32 Å². The molecule has 2 N–H and O–H groups in total. The molecule has 1 aliphatic carbocycles. The third-order valence-corrected chi connectivity index (χ3v) is 3.31. The molecule has 0 bridgehead atoms. The number of carbonyl (C=O) groups excluding carboxylic acids is 1. The van der Waals surface area contributed by atoms with Gasteiger partial charge in [0, 0.05) is 6.54 Å². The van der Waals surface area contributed by atoms with Gasteiger partial charge in [-0.25, -0.2) is 4.39 Å². The van der Waals surface area contributed by atoms with E-state index in [2.05, 4.69) is 5.32 Å². The minimum absolute atomic E-state index is 0.0859. The second-order valence-electron chi connectivity index (χ2n) is 4.87. The number of halogens is 4. The quantitative estimate of drug-likeness (QED) is 0.840. The van der Waals surface area contributed by atoms with Crippen LogP contribution in [0.1, 0.15) is 28.8 Å². The fourth-order valence-corrected chi connectivity index (χ4v) is 2.13. The Morgan fingerprint density at radius 3 is 2.55 bits per heavy atom. The number of amides is 1. The first kappa shape index (κ1) is 14.8. The normalized spacial score (nSPS) is 22.2. The van der Waals surface area contributed by atoms with Crippen LogP contribution in [0.5, 0.6) is 0 Å². The summed E-state index contributed by atoms with van der Waals surface area (Å²) in [6.45, 7) is 0.214. The molecule has 0 heterocycles. The second-order valence-corrected chi connectivity index (χ2v) is 4.87. The molecule has 0 aliphatic heterocycles. The highest BCUT2D eigenvalue weighted by Gasteiger charge is 2.36. The van der Waals surface area contributed by atoms with Crippen molar-refractivity contribution < 1.29 is 27.5 Å². The summed E-state index contributed by atoms with van der Waals surface area (Å²) in [4.78, 5) is 11.7. The predicted octanol–water partition coefficient (Wildman–Crippen LogP) is 2.35. The molecule has 0 spiro atoms.